The predicted molar refractivity (Wildman–Crippen MR) is 84.6 cm³/mol. The Morgan fingerprint density at radius 3 is 2.59 bits per heavy atom. The van der Waals surface area contributed by atoms with Gasteiger partial charge in [-0.2, -0.15) is 11.8 Å². The van der Waals surface area contributed by atoms with Crippen molar-refractivity contribution in [1.29, 1.82) is 0 Å². The quantitative estimate of drug-likeness (QED) is 0.815. The highest BCUT2D eigenvalue weighted by Gasteiger charge is 2.31. The van der Waals surface area contributed by atoms with Crippen LogP contribution in [-0.2, 0) is 0 Å². The SMILES string of the molecule is CN(C)C(N1CCSCC1)n1[nH][n+](=O)c2ccccc21.OF. The monoisotopic (exact) mass is 330 g/mol. The molecule has 3 rings (SSSR count). The van der Waals surface area contributed by atoms with Gasteiger partial charge in [0.1, 0.15) is 0 Å². The number of aromatic nitrogens is 3. The highest BCUT2D eigenvalue weighted by molar-refractivity contribution is 7.99. The van der Waals surface area contributed by atoms with Crippen LogP contribution >= 0.6 is 11.8 Å². The number of nitrogens with zero attached hydrogens (tertiary/aromatic N) is 4. The zero-order valence-corrected chi connectivity index (χ0v) is 13.5. The Kier molecular flexibility index (Phi) is 5.95. The van der Waals surface area contributed by atoms with Gasteiger partial charge >= 0.3 is 0 Å². The molecule has 0 aliphatic carbocycles. The molecular weight excluding hydrogens is 309 g/mol. The number of nitrogens with one attached hydrogen (secondary N) is 1. The molecule has 1 saturated heterocycles. The van der Waals surface area contributed by atoms with Crippen molar-refractivity contribution in [3.05, 3.63) is 29.2 Å². The first-order valence-corrected chi connectivity index (χ1v) is 8.11. The largest absolute Gasteiger partial charge is 0.256 e. The molecule has 1 atom stereocenters. The third kappa shape index (κ3) is 3.32. The Morgan fingerprint density at radius 2 is 1.95 bits per heavy atom. The molecular formula is C13H21FN5O2S+. The number of para-hydroxylation sites is 2. The lowest BCUT2D eigenvalue weighted by Crippen LogP contribution is -2.46. The fourth-order valence-corrected chi connectivity index (χ4v) is 3.68. The summed E-state index contributed by atoms with van der Waals surface area (Å²) in [7, 11) is 4.09. The van der Waals surface area contributed by atoms with Gasteiger partial charge in [-0.15, -0.1) is 4.68 Å². The molecule has 1 aromatic heterocycles. The van der Waals surface area contributed by atoms with Crippen molar-refractivity contribution in [3.8, 4) is 0 Å². The van der Waals surface area contributed by atoms with Crippen molar-refractivity contribution in [3.63, 3.8) is 0 Å². The van der Waals surface area contributed by atoms with Gasteiger partial charge < -0.3 is 0 Å². The first kappa shape index (κ1) is 16.9. The second kappa shape index (κ2) is 7.73. The van der Waals surface area contributed by atoms with Crippen LogP contribution in [0.2, 0.25) is 0 Å². The lowest BCUT2D eigenvalue weighted by atomic mass is 10.3. The van der Waals surface area contributed by atoms with Crippen molar-refractivity contribution in [2.45, 2.75) is 6.29 Å². The number of rotatable bonds is 3. The maximum Gasteiger partial charge on any atom is 0.249 e. The van der Waals surface area contributed by atoms with E-state index in [1.165, 1.54) is 0 Å². The second-order valence-electron chi connectivity index (χ2n) is 5.21. The summed E-state index contributed by atoms with van der Waals surface area (Å²) in [5.74, 6) is 2.28. The Hall–Kier alpha value is -1.42. The van der Waals surface area contributed by atoms with Gasteiger partial charge in [0.05, 0.1) is 4.54 Å². The normalized spacial score (nSPS) is 17.3. The van der Waals surface area contributed by atoms with Gasteiger partial charge in [0, 0.05) is 24.6 Å². The van der Waals surface area contributed by atoms with E-state index in [-0.39, 0.29) is 6.29 Å². The number of H-pyrrole nitrogens is 1. The minimum Gasteiger partial charge on any atom is -0.256 e. The molecule has 0 radical (unpaired) electrons. The third-order valence-corrected chi connectivity index (χ3v) is 4.57. The van der Waals surface area contributed by atoms with Gasteiger partial charge in [0.2, 0.25) is 17.3 Å². The molecule has 7 nitrogen and oxygen atoms in total. The molecule has 22 heavy (non-hydrogen) atoms. The minimum absolute atomic E-state index is 0.0380. The second-order valence-corrected chi connectivity index (χ2v) is 6.44. The van der Waals surface area contributed by atoms with Crippen molar-refractivity contribution in [2.24, 2.45) is 0 Å². The van der Waals surface area contributed by atoms with E-state index >= 15 is 0 Å². The molecule has 9 heteroatoms. The summed E-state index contributed by atoms with van der Waals surface area (Å²) in [5.41, 5.74) is 1.60. The molecule has 1 aliphatic rings. The molecule has 0 bridgehead atoms. The van der Waals surface area contributed by atoms with Gasteiger partial charge in [-0.1, -0.05) is 21.9 Å². The Bertz CT molecular complexity index is 653. The van der Waals surface area contributed by atoms with Crippen LogP contribution in [0.5, 0.6) is 0 Å². The van der Waals surface area contributed by atoms with Crippen LogP contribution in [0.4, 0.5) is 4.53 Å². The summed E-state index contributed by atoms with van der Waals surface area (Å²) in [6.07, 6.45) is 0.0380. The lowest BCUT2D eigenvalue weighted by Gasteiger charge is -2.34. The van der Waals surface area contributed by atoms with E-state index in [1.54, 1.807) is 0 Å². The fraction of sp³-hybridized carbons (Fsp3) is 0.538. The summed E-state index contributed by atoms with van der Waals surface area (Å²) in [4.78, 5) is 16.5. The number of thioether (sulfide) groups is 1. The maximum absolute atomic E-state index is 12.0. The third-order valence-electron chi connectivity index (χ3n) is 3.62. The van der Waals surface area contributed by atoms with Crippen LogP contribution in [0.25, 0.3) is 11.0 Å². The molecule has 0 amide bonds. The summed E-state index contributed by atoms with van der Waals surface area (Å²) in [6, 6.07) is 7.67. The van der Waals surface area contributed by atoms with Crippen molar-refractivity contribution in [2.75, 3.05) is 38.7 Å². The molecule has 2 N–H and O–H groups in total. The highest BCUT2D eigenvalue weighted by Crippen LogP contribution is 2.22. The summed E-state index contributed by atoms with van der Waals surface area (Å²) >= 11 is 1.99. The lowest BCUT2D eigenvalue weighted by molar-refractivity contribution is -0.542. The minimum atomic E-state index is 0.0380. The molecule has 1 aliphatic heterocycles. The van der Waals surface area contributed by atoms with Gasteiger partial charge in [0.15, 0.2) is 0 Å². The van der Waals surface area contributed by atoms with Gasteiger partial charge in [-0.25, -0.2) is 10.2 Å². The van der Waals surface area contributed by atoms with Crippen LogP contribution in [-0.4, -0.2) is 63.7 Å². The molecule has 2 heterocycles. The average molecular weight is 330 g/mol. The van der Waals surface area contributed by atoms with E-state index in [1.807, 2.05) is 54.8 Å². The average Bonchev–Trinajstić information content (AvgIpc) is 2.88. The van der Waals surface area contributed by atoms with Crippen LogP contribution in [0, 0.1) is 4.91 Å². The molecule has 2 aromatic rings. The number of halogens is 1. The van der Waals surface area contributed by atoms with Crippen LogP contribution < -0.4 is 4.54 Å². The summed E-state index contributed by atoms with van der Waals surface area (Å²) in [5, 5.41) is 8.42. The van der Waals surface area contributed by atoms with E-state index in [9.17, 15) is 4.91 Å². The number of benzene rings is 1. The molecule has 122 valence electrons. The molecule has 1 aromatic carbocycles. The van der Waals surface area contributed by atoms with Gasteiger partial charge in [0.25, 0.3) is 0 Å². The van der Waals surface area contributed by atoms with Crippen molar-refractivity contribution < 1.29 is 14.4 Å². The Balaban J connectivity index is 0.000000847. The smallest absolute Gasteiger partial charge is 0.249 e. The number of aromatic amines is 1. The Labute approximate surface area is 131 Å². The Morgan fingerprint density at radius 1 is 1.32 bits per heavy atom. The number of fused-ring (bicyclic) bond motifs is 1. The van der Waals surface area contributed by atoms with Crippen molar-refractivity contribution in [1.82, 2.24) is 19.7 Å². The van der Waals surface area contributed by atoms with Crippen molar-refractivity contribution >= 4 is 22.8 Å². The van der Waals surface area contributed by atoms with E-state index in [0.717, 1.165) is 34.7 Å². The van der Waals surface area contributed by atoms with Gasteiger partial charge in [-0.3, -0.25) is 4.90 Å². The zero-order chi connectivity index (χ0) is 16.1. The number of hydrogen-bond acceptors (Lipinski definition) is 5. The van der Waals surface area contributed by atoms with E-state index in [0.29, 0.717) is 5.52 Å². The van der Waals surface area contributed by atoms with Gasteiger partial charge in [-0.05, 0) is 31.1 Å². The standard InChI is InChI=1S/C13H20N5OS.FHO/c1-15(2)13(16-7-9-20-10-8-16)17-11-5-3-4-6-12(11)18(19)14-17;1-2/h3-6,13H,7-10H2,1-2H3,(H,14,19);2H/q+1;. The van der Waals surface area contributed by atoms with E-state index in [4.69, 9.17) is 9.84 Å². The molecule has 0 spiro atoms. The summed E-state index contributed by atoms with van der Waals surface area (Å²) in [6.45, 7) is 2.07. The number of hydrogen-bond donors (Lipinski definition) is 2. The maximum atomic E-state index is 12.0. The van der Waals surface area contributed by atoms with Crippen LogP contribution in [0.1, 0.15) is 6.29 Å². The van der Waals surface area contributed by atoms with E-state index in [2.05, 4.69) is 15.0 Å². The molecule has 0 saturated carbocycles. The van der Waals surface area contributed by atoms with Crippen LogP contribution in [0.15, 0.2) is 24.3 Å². The predicted octanol–water partition coefficient (Wildman–Crippen LogP) is 0.814. The topological polar surface area (TPSA) is 70.4 Å². The summed E-state index contributed by atoms with van der Waals surface area (Å²) < 4.78 is 11.3. The first-order valence-electron chi connectivity index (χ1n) is 6.95. The van der Waals surface area contributed by atoms with E-state index < -0.39 is 0 Å². The zero-order valence-electron chi connectivity index (χ0n) is 12.6. The highest BCUT2D eigenvalue weighted by atomic mass is 32.2. The first-order chi connectivity index (χ1) is 10.7. The fourth-order valence-electron chi connectivity index (χ4n) is 2.75. The molecule has 1 unspecified atom stereocenters. The van der Waals surface area contributed by atoms with Crippen LogP contribution in [0.3, 0.4) is 0 Å². The molecule has 1 fully saturated rings.